The van der Waals surface area contributed by atoms with Crippen LogP contribution in [0.2, 0.25) is 0 Å². The van der Waals surface area contributed by atoms with Crippen LogP contribution in [0, 0.1) is 0 Å². The molecule has 0 spiro atoms. The van der Waals surface area contributed by atoms with Crippen LogP contribution in [0.5, 0.6) is 0 Å². The van der Waals surface area contributed by atoms with Gasteiger partial charge in [0.1, 0.15) is 11.2 Å². The molecule has 0 N–H and O–H groups in total. The first-order chi connectivity index (χ1) is 24.8. The second-order valence-electron chi connectivity index (χ2n) is 12.3. The maximum absolute atomic E-state index is 6.18. The summed E-state index contributed by atoms with van der Waals surface area (Å²) in [4.78, 5) is 19.8. The molecule has 234 valence electrons. The van der Waals surface area contributed by atoms with Gasteiger partial charge in [0.2, 0.25) is 0 Å². The van der Waals surface area contributed by atoms with Gasteiger partial charge >= 0.3 is 0 Å². The monoisotopic (exact) mass is 641 g/mol. The van der Waals surface area contributed by atoms with Crippen molar-refractivity contribution in [2.24, 2.45) is 0 Å². The van der Waals surface area contributed by atoms with Gasteiger partial charge in [-0.1, -0.05) is 109 Å². The maximum Gasteiger partial charge on any atom is 0.166 e. The Morgan fingerprint density at radius 2 is 1.06 bits per heavy atom. The average Bonchev–Trinajstić information content (AvgIpc) is 3.74. The normalized spacial score (nSPS) is 11.6. The first-order valence-corrected chi connectivity index (χ1v) is 16.6. The highest BCUT2D eigenvalue weighted by molar-refractivity contribution is 6.12. The van der Waals surface area contributed by atoms with Gasteiger partial charge in [0, 0.05) is 50.6 Å². The van der Waals surface area contributed by atoms with Crippen molar-refractivity contribution in [1.82, 2.24) is 24.5 Å². The zero-order chi connectivity index (χ0) is 33.0. The summed E-state index contributed by atoms with van der Waals surface area (Å²) in [5.74, 6) is 1.81. The van der Waals surface area contributed by atoms with Gasteiger partial charge in [-0.2, -0.15) is 0 Å². The van der Waals surface area contributed by atoms with Gasteiger partial charge in [0.15, 0.2) is 17.5 Å². The quantitative estimate of drug-likeness (QED) is 0.187. The molecule has 0 atom stereocenters. The molecule has 6 heteroatoms. The largest absolute Gasteiger partial charge is 0.456 e. The van der Waals surface area contributed by atoms with Crippen LogP contribution in [0.1, 0.15) is 0 Å². The van der Waals surface area contributed by atoms with E-state index in [4.69, 9.17) is 19.4 Å². The van der Waals surface area contributed by atoms with E-state index in [2.05, 4.69) is 107 Å². The van der Waals surface area contributed by atoms with Gasteiger partial charge in [-0.15, -0.1) is 0 Å². The van der Waals surface area contributed by atoms with Crippen molar-refractivity contribution >= 4 is 43.7 Å². The number of hydrogen-bond acceptors (Lipinski definition) is 5. The van der Waals surface area contributed by atoms with E-state index in [9.17, 15) is 0 Å². The van der Waals surface area contributed by atoms with Crippen LogP contribution in [-0.2, 0) is 0 Å². The van der Waals surface area contributed by atoms with E-state index >= 15 is 0 Å². The zero-order valence-electron chi connectivity index (χ0n) is 26.7. The molecule has 0 bridgehead atoms. The molecule has 50 heavy (non-hydrogen) atoms. The molecule has 0 amide bonds. The van der Waals surface area contributed by atoms with E-state index in [0.29, 0.717) is 17.5 Å². The molecule has 0 saturated heterocycles. The standard InChI is InChI=1S/C44H27N5O/c1-2-12-28(13-3-1)42-46-43(30-15-10-14-29(26-30)31-19-11-23-40-41(31)35-27-45-25-24-39(35)50-40)48-44(47-42)34-18-6-9-22-38(34)49-36-20-7-4-16-32(36)33-17-5-8-21-37(33)49/h1-27H. The number of hydrogen-bond donors (Lipinski definition) is 0. The highest BCUT2D eigenvalue weighted by Gasteiger charge is 2.19. The summed E-state index contributed by atoms with van der Waals surface area (Å²) in [5, 5.41) is 4.42. The highest BCUT2D eigenvalue weighted by Crippen LogP contribution is 2.39. The van der Waals surface area contributed by atoms with Gasteiger partial charge in [-0.05, 0) is 53.6 Å². The minimum atomic E-state index is 0.596. The molecule has 4 heterocycles. The van der Waals surface area contributed by atoms with Gasteiger partial charge in [0.05, 0.1) is 16.7 Å². The number of fused-ring (bicyclic) bond motifs is 6. The van der Waals surface area contributed by atoms with Crippen LogP contribution in [0.4, 0.5) is 0 Å². The number of aromatic nitrogens is 5. The van der Waals surface area contributed by atoms with E-state index in [1.807, 2.05) is 60.8 Å². The Labute approximate surface area is 287 Å². The topological polar surface area (TPSA) is 69.6 Å². The molecule has 0 radical (unpaired) electrons. The lowest BCUT2D eigenvalue weighted by atomic mass is 9.98. The molecule has 6 aromatic carbocycles. The SMILES string of the molecule is c1ccc(-c2nc(-c3cccc(-c4cccc5oc6ccncc6c45)c3)nc(-c3ccccc3-n3c4ccccc4c4ccccc43)n2)cc1. The first-order valence-electron chi connectivity index (χ1n) is 16.6. The van der Waals surface area contributed by atoms with Crippen LogP contribution in [-0.4, -0.2) is 24.5 Å². The van der Waals surface area contributed by atoms with Crippen molar-refractivity contribution in [3.05, 3.63) is 164 Å². The van der Waals surface area contributed by atoms with Crippen molar-refractivity contribution in [2.45, 2.75) is 0 Å². The number of para-hydroxylation sites is 3. The smallest absolute Gasteiger partial charge is 0.166 e. The van der Waals surface area contributed by atoms with E-state index < -0.39 is 0 Å². The molecule has 0 saturated carbocycles. The Balaban J connectivity index is 1.19. The number of nitrogens with zero attached hydrogens (tertiary/aromatic N) is 5. The summed E-state index contributed by atoms with van der Waals surface area (Å²) in [6.07, 6.45) is 3.63. The molecule has 0 aliphatic heterocycles. The fraction of sp³-hybridized carbons (Fsp3) is 0. The number of furan rings is 1. The Kier molecular flexibility index (Phi) is 6.39. The fourth-order valence-electron chi connectivity index (χ4n) is 7.12. The lowest BCUT2D eigenvalue weighted by Crippen LogP contribution is -2.03. The van der Waals surface area contributed by atoms with E-state index in [-0.39, 0.29) is 0 Å². The van der Waals surface area contributed by atoms with Crippen LogP contribution in [0.25, 0.3) is 94.7 Å². The van der Waals surface area contributed by atoms with E-state index in [1.54, 1.807) is 6.20 Å². The molecule has 4 aromatic heterocycles. The van der Waals surface area contributed by atoms with Crippen molar-refractivity contribution in [1.29, 1.82) is 0 Å². The molecule has 0 aliphatic carbocycles. The van der Waals surface area contributed by atoms with Crippen molar-refractivity contribution < 1.29 is 4.42 Å². The second-order valence-corrected chi connectivity index (χ2v) is 12.3. The third kappa shape index (κ3) is 4.50. The Bertz CT molecular complexity index is 2840. The van der Waals surface area contributed by atoms with Crippen molar-refractivity contribution in [3.8, 4) is 51.0 Å². The van der Waals surface area contributed by atoms with Gasteiger partial charge in [-0.3, -0.25) is 4.98 Å². The van der Waals surface area contributed by atoms with Crippen LogP contribution in [0.15, 0.2) is 168 Å². The summed E-state index contributed by atoms with van der Waals surface area (Å²) in [5.41, 5.74) is 9.72. The predicted molar refractivity (Wildman–Crippen MR) is 201 cm³/mol. The maximum atomic E-state index is 6.18. The summed E-state index contributed by atoms with van der Waals surface area (Å²) < 4.78 is 8.50. The van der Waals surface area contributed by atoms with Crippen LogP contribution < -0.4 is 0 Å². The zero-order valence-corrected chi connectivity index (χ0v) is 26.7. The molecule has 0 aliphatic rings. The van der Waals surface area contributed by atoms with Crippen LogP contribution in [0.3, 0.4) is 0 Å². The summed E-state index contributed by atoms with van der Waals surface area (Å²) in [6.45, 7) is 0. The second kappa shape index (κ2) is 11.4. The fourth-order valence-corrected chi connectivity index (χ4v) is 7.12. The summed E-state index contributed by atoms with van der Waals surface area (Å²) >= 11 is 0. The first kappa shape index (κ1) is 28.1. The molecule has 10 aromatic rings. The lowest BCUT2D eigenvalue weighted by molar-refractivity contribution is 0.668. The summed E-state index contributed by atoms with van der Waals surface area (Å²) in [6, 6.07) is 52.0. The highest BCUT2D eigenvalue weighted by atomic mass is 16.3. The van der Waals surface area contributed by atoms with Crippen molar-refractivity contribution in [2.75, 3.05) is 0 Å². The number of benzene rings is 6. The lowest BCUT2D eigenvalue weighted by Gasteiger charge is -2.14. The minimum absolute atomic E-state index is 0.596. The van der Waals surface area contributed by atoms with Crippen LogP contribution >= 0.6 is 0 Å². The third-order valence-electron chi connectivity index (χ3n) is 9.36. The van der Waals surface area contributed by atoms with E-state index in [0.717, 1.165) is 66.5 Å². The molecular weight excluding hydrogens is 615 g/mol. The third-order valence-corrected chi connectivity index (χ3v) is 9.36. The summed E-state index contributed by atoms with van der Waals surface area (Å²) in [7, 11) is 0. The molecule has 0 unspecified atom stereocenters. The van der Waals surface area contributed by atoms with Crippen molar-refractivity contribution in [3.63, 3.8) is 0 Å². The Morgan fingerprint density at radius 3 is 1.88 bits per heavy atom. The Morgan fingerprint density at radius 1 is 0.440 bits per heavy atom. The number of pyridine rings is 1. The Hall–Kier alpha value is -6.92. The average molecular weight is 642 g/mol. The molecule has 0 fully saturated rings. The van der Waals surface area contributed by atoms with Gasteiger partial charge < -0.3 is 8.98 Å². The van der Waals surface area contributed by atoms with Gasteiger partial charge in [0.25, 0.3) is 0 Å². The predicted octanol–water partition coefficient (Wildman–Crippen LogP) is 10.9. The minimum Gasteiger partial charge on any atom is -0.456 e. The number of rotatable bonds is 5. The van der Waals surface area contributed by atoms with Gasteiger partial charge in [-0.25, -0.2) is 15.0 Å². The van der Waals surface area contributed by atoms with E-state index in [1.165, 1.54) is 10.8 Å². The molecular formula is C44H27N5O. The molecule has 10 rings (SSSR count). The molecule has 6 nitrogen and oxygen atoms in total.